The lowest BCUT2D eigenvalue weighted by molar-refractivity contribution is -0.290. The standard InChI is InChI=1S/C22H29N3O10/c1-10-7-14(25-22(23-10)24-11-5-3-2-4-6-11)35-21-19(31)17(29)16(28)13(34-21)9-32-20-18(30)15(27)12(8-26)33-20/h2-7,12-13,15-21,26-31H,8-9H2,1H3,(H,23,24,25)/t12-,13-,15-,16-,17+,18+,19-,20-,21+/m1/s1. The lowest BCUT2D eigenvalue weighted by Gasteiger charge is -2.40. The number of anilines is 2. The summed E-state index contributed by atoms with van der Waals surface area (Å²) in [4.78, 5) is 8.55. The Hall–Kier alpha value is -2.46. The molecule has 192 valence electrons. The minimum atomic E-state index is -1.64. The highest BCUT2D eigenvalue weighted by atomic mass is 16.7. The van der Waals surface area contributed by atoms with E-state index in [0.717, 1.165) is 5.69 Å². The number of aliphatic hydroxyl groups excluding tert-OH is 6. The second-order valence-electron chi connectivity index (χ2n) is 8.33. The van der Waals surface area contributed by atoms with Crippen molar-refractivity contribution >= 4 is 11.6 Å². The zero-order valence-electron chi connectivity index (χ0n) is 18.8. The molecule has 1 aromatic heterocycles. The van der Waals surface area contributed by atoms with E-state index in [1.54, 1.807) is 6.92 Å². The van der Waals surface area contributed by atoms with Crippen LogP contribution in [0, 0.1) is 6.92 Å². The first-order valence-electron chi connectivity index (χ1n) is 11.0. The summed E-state index contributed by atoms with van der Waals surface area (Å²) in [5, 5.41) is 63.1. The van der Waals surface area contributed by atoms with E-state index in [9.17, 15) is 30.6 Å². The van der Waals surface area contributed by atoms with E-state index in [0.29, 0.717) is 5.69 Å². The van der Waals surface area contributed by atoms with Gasteiger partial charge in [0.2, 0.25) is 18.1 Å². The van der Waals surface area contributed by atoms with E-state index in [2.05, 4.69) is 15.3 Å². The van der Waals surface area contributed by atoms with Crippen LogP contribution in [0.3, 0.4) is 0 Å². The first-order valence-corrected chi connectivity index (χ1v) is 11.0. The molecule has 2 aromatic rings. The Balaban J connectivity index is 1.42. The SMILES string of the molecule is Cc1cc(O[C@@H]2O[C@H](CO[C@@H]3O[C@H](CO)[C@@H](O)[C@@H]3O)[C@@H](O)[C@H](O)[C@H]2O)nc(Nc2ccccc2)n1. The highest BCUT2D eigenvalue weighted by molar-refractivity contribution is 5.53. The van der Waals surface area contributed by atoms with Crippen LogP contribution in [-0.2, 0) is 14.2 Å². The summed E-state index contributed by atoms with van der Waals surface area (Å²) in [5.41, 5.74) is 1.31. The summed E-state index contributed by atoms with van der Waals surface area (Å²) in [6, 6.07) is 10.7. The maximum Gasteiger partial charge on any atom is 0.231 e. The van der Waals surface area contributed by atoms with Gasteiger partial charge in [0.15, 0.2) is 6.29 Å². The monoisotopic (exact) mass is 495 g/mol. The quantitative estimate of drug-likeness (QED) is 0.216. The van der Waals surface area contributed by atoms with Gasteiger partial charge in [-0.3, -0.25) is 0 Å². The van der Waals surface area contributed by atoms with Gasteiger partial charge in [0.05, 0.1) is 13.2 Å². The zero-order chi connectivity index (χ0) is 25.1. The second kappa shape index (κ2) is 11.1. The van der Waals surface area contributed by atoms with E-state index in [1.165, 1.54) is 6.07 Å². The molecule has 0 spiro atoms. The number of benzene rings is 1. The summed E-state index contributed by atoms with van der Waals surface area (Å²) < 4.78 is 21.9. The number of hydrogen-bond donors (Lipinski definition) is 7. The Morgan fingerprint density at radius 1 is 0.857 bits per heavy atom. The largest absolute Gasteiger partial charge is 0.445 e. The number of aryl methyl sites for hydroxylation is 1. The number of para-hydroxylation sites is 1. The van der Waals surface area contributed by atoms with Crippen LogP contribution in [0.25, 0.3) is 0 Å². The molecule has 2 aliphatic heterocycles. The number of nitrogens with zero attached hydrogens (tertiary/aromatic N) is 2. The molecule has 0 amide bonds. The fourth-order valence-electron chi connectivity index (χ4n) is 3.77. The lowest BCUT2D eigenvalue weighted by atomic mass is 9.99. The average molecular weight is 495 g/mol. The number of ether oxygens (including phenoxy) is 4. The van der Waals surface area contributed by atoms with Gasteiger partial charge in [-0.1, -0.05) is 18.2 Å². The summed E-state index contributed by atoms with van der Waals surface area (Å²) in [7, 11) is 0. The van der Waals surface area contributed by atoms with Gasteiger partial charge in [-0.15, -0.1) is 0 Å². The normalized spacial score (nSPS) is 35.1. The molecule has 3 heterocycles. The third kappa shape index (κ3) is 5.86. The van der Waals surface area contributed by atoms with Crippen LogP contribution >= 0.6 is 0 Å². The van der Waals surface area contributed by atoms with Crippen molar-refractivity contribution in [2.45, 2.75) is 62.2 Å². The topological polar surface area (TPSA) is 196 Å². The fraction of sp³-hybridized carbons (Fsp3) is 0.545. The molecule has 13 nitrogen and oxygen atoms in total. The van der Waals surface area contributed by atoms with Crippen molar-refractivity contribution in [2.75, 3.05) is 18.5 Å². The molecular weight excluding hydrogens is 466 g/mol. The number of rotatable bonds is 8. The van der Waals surface area contributed by atoms with Crippen molar-refractivity contribution in [3.63, 3.8) is 0 Å². The number of hydrogen-bond acceptors (Lipinski definition) is 13. The summed E-state index contributed by atoms with van der Waals surface area (Å²) in [6.07, 6.45) is -12.5. The Kier molecular flexibility index (Phi) is 8.11. The molecule has 0 bridgehead atoms. The van der Waals surface area contributed by atoms with Gasteiger partial charge < -0.3 is 54.9 Å². The smallest absolute Gasteiger partial charge is 0.231 e. The van der Waals surface area contributed by atoms with Gasteiger partial charge >= 0.3 is 0 Å². The Morgan fingerprint density at radius 3 is 2.20 bits per heavy atom. The van der Waals surface area contributed by atoms with Crippen LogP contribution in [-0.4, -0.2) is 109 Å². The maximum atomic E-state index is 10.4. The Morgan fingerprint density at radius 2 is 1.51 bits per heavy atom. The first kappa shape index (κ1) is 25.6. The molecule has 35 heavy (non-hydrogen) atoms. The van der Waals surface area contributed by atoms with Crippen LogP contribution < -0.4 is 10.1 Å². The minimum absolute atomic E-state index is 0.0479. The third-order valence-corrected chi connectivity index (χ3v) is 5.69. The summed E-state index contributed by atoms with van der Waals surface area (Å²) in [5.74, 6) is 0.285. The van der Waals surface area contributed by atoms with Gasteiger partial charge in [-0.2, -0.15) is 4.98 Å². The van der Waals surface area contributed by atoms with Crippen LogP contribution in [0.1, 0.15) is 5.69 Å². The van der Waals surface area contributed by atoms with E-state index in [1.807, 2.05) is 30.3 Å². The molecule has 0 radical (unpaired) electrons. The Bertz CT molecular complexity index is 970. The van der Waals surface area contributed by atoms with Crippen molar-refractivity contribution in [1.29, 1.82) is 0 Å². The van der Waals surface area contributed by atoms with Crippen LogP contribution in [0.5, 0.6) is 5.88 Å². The number of aromatic nitrogens is 2. The zero-order valence-corrected chi connectivity index (χ0v) is 18.8. The molecule has 2 fully saturated rings. The van der Waals surface area contributed by atoms with Crippen molar-refractivity contribution < 1.29 is 49.6 Å². The number of nitrogens with one attached hydrogen (secondary N) is 1. The van der Waals surface area contributed by atoms with Crippen molar-refractivity contribution in [1.82, 2.24) is 9.97 Å². The van der Waals surface area contributed by atoms with Gasteiger partial charge in [0.25, 0.3) is 0 Å². The highest BCUT2D eigenvalue weighted by Crippen LogP contribution is 2.27. The number of aliphatic hydroxyl groups is 6. The minimum Gasteiger partial charge on any atom is -0.445 e. The van der Waals surface area contributed by atoms with E-state index < -0.39 is 61.9 Å². The van der Waals surface area contributed by atoms with Crippen LogP contribution in [0.2, 0.25) is 0 Å². The predicted octanol–water partition coefficient (Wildman–Crippen LogP) is -1.83. The highest BCUT2D eigenvalue weighted by Gasteiger charge is 2.47. The third-order valence-electron chi connectivity index (χ3n) is 5.69. The molecule has 2 saturated heterocycles. The molecule has 4 rings (SSSR count). The van der Waals surface area contributed by atoms with E-state index in [4.69, 9.17) is 18.9 Å². The lowest BCUT2D eigenvalue weighted by Crippen LogP contribution is -2.60. The van der Waals surface area contributed by atoms with Crippen molar-refractivity contribution in [3.8, 4) is 5.88 Å². The fourth-order valence-corrected chi connectivity index (χ4v) is 3.77. The maximum absolute atomic E-state index is 10.4. The molecule has 0 unspecified atom stereocenters. The summed E-state index contributed by atoms with van der Waals surface area (Å²) >= 11 is 0. The van der Waals surface area contributed by atoms with E-state index in [-0.39, 0.29) is 18.4 Å². The molecule has 9 atom stereocenters. The Labute approximate surface area is 200 Å². The molecule has 0 saturated carbocycles. The van der Waals surface area contributed by atoms with Gasteiger partial charge in [0.1, 0.15) is 42.7 Å². The van der Waals surface area contributed by atoms with E-state index >= 15 is 0 Å². The molecule has 13 heteroatoms. The molecule has 2 aliphatic rings. The predicted molar refractivity (Wildman–Crippen MR) is 118 cm³/mol. The van der Waals surface area contributed by atoms with Gasteiger partial charge in [0, 0.05) is 17.4 Å². The molecule has 7 N–H and O–H groups in total. The van der Waals surface area contributed by atoms with Gasteiger partial charge in [-0.25, -0.2) is 4.98 Å². The first-order chi connectivity index (χ1) is 16.8. The molecule has 0 aliphatic carbocycles. The van der Waals surface area contributed by atoms with Crippen molar-refractivity contribution in [2.24, 2.45) is 0 Å². The summed E-state index contributed by atoms with van der Waals surface area (Å²) in [6.45, 7) is 0.807. The van der Waals surface area contributed by atoms with Gasteiger partial charge in [-0.05, 0) is 19.1 Å². The average Bonchev–Trinajstić information content (AvgIpc) is 3.12. The van der Waals surface area contributed by atoms with Crippen LogP contribution in [0.15, 0.2) is 36.4 Å². The van der Waals surface area contributed by atoms with Crippen LogP contribution in [0.4, 0.5) is 11.6 Å². The van der Waals surface area contributed by atoms with Crippen molar-refractivity contribution in [3.05, 3.63) is 42.1 Å². The molecule has 1 aromatic carbocycles. The second-order valence-corrected chi connectivity index (χ2v) is 8.33. The molecular formula is C22H29N3O10.